The van der Waals surface area contributed by atoms with E-state index in [-0.39, 0.29) is 17.3 Å². The first-order chi connectivity index (χ1) is 16.8. The number of sulfonamides is 1. The molecule has 1 amide bonds. The number of amides is 1. The molecule has 7 heteroatoms. The quantitative estimate of drug-likeness (QED) is 0.494. The maximum absolute atomic E-state index is 13.4. The van der Waals surface area contributed by atoms with Crippen LogP contribution in [0.1, 0.15) is 30.9 Å². The number of piperidine rings is 1. The summed E-state index contributed by atoms with van der Waals surface area (Å²) in [5.41, 5.74) is 3.59. The molecule has 0 bridgehead atoms. The lowest BCUT2D eigenvalue weighted by Gasteiger charge is -2.32. The molecule has 0 aliphatic carbocycles. The molecule has 1 heterocycles. The molecule has 6 nitrogen and oxygen atoms in total. The average Bonchev–Trinajstić information content (AvgIpc) is 2.87. The minimum Gasteiger partial charge on any atom is -0.371 e. The van der Waals surface area contributed by atoms with Crippen LogP contribution in [0.4, 0.5) is 11.4 Å². The summed E-state index contributed by atoms with van der Waals surface area (Å²) >= 11 is 0. The van der Waals surface area contributed by atoms with Crippen molar-refractivity contribution in [3.8, 4) is 0 Å². The lowest BCUT2D eigenvalue weighted by atomic mass is 9.99. The zero-order chi connectivity index (χ0) is 24.8. The maximum atomic E-state index is 13.4. The van der Waals surface area contributed by atoms with Crippen LogP contribution in [0.3, 0.4) is 0 Å². The molecule has 1 fully saturated rings. The van der Waals surface area contributed by atoms with E-state index in [1.807, 2.05) is 25.1 Å². The first kappa shape index (κ1) is 24.8. The second-order valence-electron chi connectivity index (χ2n) is 9.30. The summed E-state index contributed by atoms with van der Waals surface area (Å²) < 4.78 is 28.0. The number of rotatable bonds is 8. The highest BCUT2D eigenvalue weighted by Gasteiger charge is 2.27. The summed E-state index contributed by atoms with van der Waals surface area (Å²) in [4.78, 5) is 15.4. The minimum absolute atomic E-state index is 0.155. The highest BCUT2D eigenvalue weighted by atomic mass is 32.2. The third-order valence-electron chi connectivity index (χ3n) is 6.39. The predicted octanol–water partition coefficient (Wildman–Crippen LogP) is 4.74. The monoisotopic (exact) mass is 491 g/mol. The van der Waals surface area contributed by atoms with Crippen LogP contribution in [0.5, 0.6) is 0 Å². The number of aryl methyl sites for hydroxylation is 1. The lowest BCUT2D eigenvalue weighted by Crippen LogP contribution is -2.40. The summed E-state index contributed by atoms with van der Waals surface area (Å²) in [6.45, 7) is 6.37. The number of carbonyl (C=O) groups is 1. The van der Waals surface area contributed by atoms with Gasteiger partial charge >= 0.3 is 0 Å². The zero-order valence-electron chi connectivity index (χ0n) is 20.4. The smallest absolute Gasteiger partial charge is 0.264 e. The van der Waals surface area contributed by atoms with Gasteiger partial charge in [-0.15, -0.1) is 0 Å². The van der Waals surface area contributed by atoms with Gasteiger partial charge in [-0.2, -0.15) is 0 Å². The van der Waals surface area contributed by atoms with Gasteiger partial charge in [-0.3, -0.25) is 9.10 Å². The third-order valence-corrected chi connectivity index (χ3v) is 8.18. The fraction of sp³-hybridized carbons (Fsp3) is 0.321. The molecule has 1 saturated heterocycles. The van der Waals surface area contributed by atoms with Gasteiger partial charge in [0, 0.05) is 25.3 Å². The molecule has 1 atom stereocenters. The molecule has 1 unspecified atom stereocenters. The molecular weight excluding hydrogens is 458 g/mol. The number of anilines is 2. The maximum Gasteiger partial charge on any atom is 0.264 e. The van der Waals surface area contributed by atoms with Gasteiger partial charge in [-0.1, -0.05) is 55.0 Å². The van der Waals surface area contributed by atoms with Gasteiger partial charge in [0.1, 0.15) is 6.54 Å². The molecule has 0 spiro atoms. The van der Waals surface area contributed by atoms with Crippen molar-refractivity contribution in [1.82, 2.24) is 5.32 Å². The first-order valence-electron chi connectivity index (χ1n) is 12.1. The van der Waals surface area contributed by atoms with Gasteiger partial charge in [0.25, 0.3) is 10.0 Å². The Labute approximate surface area is 208 Å². The van der Waals surface area contributed by atoms with Crippen LogP contribution < -0.4 is 14.5 Å². The first-order valence-corrected chi connectivity index (χ1v) is 13.5. The third kappa shape index (κ3) is 6.22. The van der Waals surface area contributed by atoms with Crippen molar-refractivity contribution in [1.29, 1.82) is 0 Å². The minimum atomic E-state index is -3.90. The van der Waals surface area contributed by atoms with Crippen LogP contribution in [0.25, 0.3) is 0 Å². The van der Waals surface area contributed by atoms with E-state index in [0.29, 0.717) is 18.2 Å². The molecule has 0 aromatic heterocycles. The van der Waals surface area contributed by atoms with Crippen molar-refractivity contribution in [3.05, 3.63) is 90.0 Å². The van der Waals surface area contributed by atoms with Gasteiger partial charge in [0.2, 0.25) is 5.91 Å². The molecule has 1 aliphatic rings. The Balaban J connectivity index is 1.43. The van der Waals surface area contributed by atoms with Crippen molar-refractivity contribution in [2.75, 3.05) is 28.8 Å². The molecule has 184 valence electrons. The molecule has 3 aromatic carbocycles. The van der Waals surface area contributed by atoms with Crippen molar-refractivity contribution in [2.24, 2.45) is 5.92 Å². The second-order valence-corrected chi connectivity index (χ2v) is 11.2. The second kappa shape index (κ2) is 11.0. The van der Waals surface area contributed by atoms with Gasteiger partial charge < -0.3 is 10.2 Å². The van der Waals surface area contributed by atoms with E-state index in [4.69, 9.17) is 0 Å². The Morgan fingerprint density at radius 1 is 1.00 bits per heavy atom. The van der Waals surface area contributed by atoms with Crippen molar-refractivity contribution < 1.29 is 13.2 Å². The van der Waals surface area contributed by atoms with E-state index in [1.165, 1.54) is 18.5 Å². The molecule has 0 saturated carbocycles. The van der Waals surface area contributed by atoms with E-state index in [1.54, 1.807) is 48.5 Å². The number of hydrogen-bond donors (Lipinski definition) is 1. The Morgan fingerprint density at radius 3 is 2.34 bits per heavy atom. The van der Waals surface area contributed by atoms with Gasteiger partial charge in [0.05, 0.1) is 10.6 Å². The van der Waals surface area contributed by atoms with Crippen LogP contribution in [-0.4, -0.2) is 34.0 Å². The van der Waals surface area contributed by atoms with Crippen LogP contribution in [0.2, 0.25) is 0 Å². The number of nitrogens with one attached hydrogen (secondary N) is 1. The fourth-order valence-electron chi connectivity index (χ4n) is 4.38. The van der Waals surface area contributed by atoms with Crippen molar-refractivity contribution in [2.45, 2.75) is 38.1 Å². The van der Waals surface area contributed by atoms with E-state index in [9.17, 15) is 13.2 Å². The van der Waals surface area contributed by atoms with Gasteiger partial charge in [0.15, 0.2) is 0 Å². The van der Waals surface area contributed by atoms with Crippen LogP contribution in [0, 0.1) is 12.8 Å². The molecule has 1 N–H and O–H groups in total. The average molecular weight is 492 g/mol. The van der Waals surface area contributed by atoms with Crippen LogP contribution in [-0.2, 0) is 21.4 Å². The Morgan fingerprint density at radius 2 is 1.69 bits per heavy atom. The number of benzene rings is 3. The summed E-state index contributed by atoms with van der Waals surface area (Å²) in [6.07, 6.45) is 2.49. The van der Waals surface area contributed by atoms with Crippen molar-refractivity contribution >= 4 is 27.3 Å². The van der Waals surface area contributed by atoms with Crippen LogP contribution in [0.15, 0.2) is 83.8 Å². The Kier molecular flexibility index (Phi) is 7.76. The molecule has 0 radical (unpaired) electrons. The van der Waals surface area contributed by atoms with E-state index in [2.05, 4.69) is 29.3 Å². The zero-order valence-corrected chi connectivity index (χ0v) is 21.2. The topological polar surface area (TPSA) is 69.7 Å². The molecule has 1 aliphatic heterocycles. The van der Waals surface area contributed by atoms with E-state index < -0.39 is 10.0 Å². The summed E-state index contributed by atoms with van der Waals surface area (Å²) in [5.74, 6) is 0.338. The summed E-state index contributed by atoms with van der Waals surface area (Å²) in [5, 5.41) is 2.88. The van der Waals surface area contributed by atoms with E-state index >= 15 is 0 Å². The SMILES string of the molecule is Cc1ccc(S(=O)(=O)N(CC(=O)NCc2ccc(N3CCCC(C)C3)cc2)c2ccccc2)cc1. The molecule has 4 rings (SSSR count). The summed E-state index contributed by atoms with van der Waals surface area (Å²) in [7, 11) is -3.90. The van der Waals surface area contributed by atoms with Gasteiger partial charge in [-0.05, 0) is 67.6 Å². The highest BCUT2D eigenvalue weighted by Crippen LogP contribution is 2.25. The lowest BCUT2D eigenvalue weighted by molar-refractivity contribution is -0.119. The number of para-hydroxylation sites is 1. The highest BCUT2D eigenvalue weighted by molar-refractivity contribution is 7.92. The summed E-state index contributed by atoms with van der Waals surface area (Å²) in [6, 6.07) is 23.6. The van der Waals surface area contributed by atoms with Crippen LogP contribution >= 0.6 is 0 Å². The number of hydrogen-bond acceptors (Lipinski definition) is 4. The van der Waals surface area contributed by atoms with E-state index in [0.717, 1.165) is 28.5 Å². The number of nitrogens with zero attached hydrogens (tertiary/aromatic N) is 2. The Bertz CT molecular complexity index is 1230. The fourth-order valence-corrected chi connectivity index (χ4v) is 5.80. The largest absolute Gasteiger partial charge is 0.371 e. The predicted molar refractivity (Wildman–Crippen MR) is 141 cm³/mol. The molecule has 3 aromatic rings. The number of carbonyl (C=O) groups excluding carboxylic acids is 1. The van der Waals surface area contributed by atoms with Crippen molar-refractivity contribution in [3.63, 3.8) is 0 Å². The molecular formula is C28H33N3O3S. The molecule has 35 heavy (non-hydrogen) atoms. The Hall–Kier alpha value is -3.32. The normalized spacial score (nSPS) is 16.1. The standard InChI is InChI=1S/C28H33N3O3S/c1-22-10-16-27(17-11-22)35(33,34)31(26-8-4-3-5-9-26)21-28(32)29-19-24-12-14-25(15-13-24)30-18-6-7-23(2)20-30/h3-5,8-17,23H,6-7,18-21H2,1-2H3,(H,29,32). The van der Waals surface area contributed by atoms with Gasteiger partial charge in [-0.25, -0.2) is 8.42 Å².